The van der Waals surface area contributed by atoms with Crippen molar-refractivity contribution in [3.8, 4) is 16.2 Å². The number of thiophene rings is 1. The van der Waals surface area contributed by atoms with Crippen LogP contribution in [0.3, 0.4) is 0 Å². The molecule has 0 bridgehead atoms. The zero-order valence-corrected chi connectivity index (χ0v) is 17.1. The SMILES string of the molecule is CC(Oc1cc(-c2cc3ccccc3s2)cnc1N)c1c(Cl)ccc(F)c1Cl. The summed E-state index contributed by atoms with van der Waals surface area (Å²) in [5, 5.41) is 1.42. The van der Waals surface area contributed by atoms with Crippen molar-refractivity contribution in [2.75, 3.05) is 5.73 Å². The van der Waals surface area contributed by atoms with E-state index in [1.807, 2.05) is 18.2 Å². The van der Waals surface area contributed by atoms with Crippen LogP contribution in [0.5, 0.6) is 5.75 Å². The van der Waals surface area contributed by atoms with Gasteiger partial charge in [0.25, 0.3) is 0 Å². The fraction of sp³-hybridized carbons (Fsp3) is 0.0952. The highest BCUT2D eigenvalue weighted by Gasteiger charge is 2.20. The van der Waals surface area contributed by atoms with Gasteiger partial charge in [-0.1, -0.05) is 41.4 Å². The maximum absolute atomic E-state index is 13.8. The molecule has 2 N–H and O–H groups in total. The number of nitrogen functional groups attached to an aromatic ring is 1. The molecular weight excluding hydrogens is 418 g/mol. The molecule has 7 heteroatoms. The van der Waals surface area contributed by atoms with E-state index in [9.17, 15) is 4.39 Å². The first-order chi connectivity index (χ1) is 13.4. The highest BCUT2D eigenvalue weighted by Crippen LogP contribution is 2.39. The summed E-state index contributed by atoms with van der Waals surface area (Å²) in [5.74, 6) is 0.0702. The number of aromatic nitrogens is 1. The Hall–Kier alpha value is -2.34. The number of benzene rings is 2. The van der Waals surface area contributed by atoms with Crippen LogP contribution < -0.4 is 10.5 Å². The van der Waals surface area contributed by atoms with Crippen molar-refractivity contribution in [1.82, 2.24) is 4.98 Å². The van der Waals surface area contributed by atoms with Crippen LogP contribution in [0.25, 0.3) is 20.5 Å². The van der Waals surface area contributed by atoms with Gasteiger partial charge in [-0.25, -0.2) is 9.37 Å². The molecule has 4 aromatic rings. The number of ether oxygens (including phenoxy) is 1. The van der Waals surface area contributed by atoms with E-state index in [4.69, 9.17) is 33.7 Å². The normalized spacial score (nSPS) is 12.3. The molecule has 4 rings (SSSR count). The molecule has 142 valence electrons. The molecule has 3 nitrogen and oxygen atoms in total. The van der Waals surface area contributed by atoms with Gasteiger partial charge in [-0.15, -0.1) is 11.3 Å². The minimum atomic E-state index is -0.613. The molecule has 28 heavy (non-hydrogen) atoms. The molecule has 0 radical (unpaired) electrons. The molecule has 0 aliphatic rings. The standard InChI is InChI=1S/C21H15Cl2FN2OS/c1-11(19-14(22)6-7-15(24)20(19)23)27-16-8-13(10-26-21(16)25)18-9-12-4-2-3-5-17(12)28-18/h2-11H,1H3,(H2,25,26). The van der Waals surface area contributed by atoms with Gasteiger partial charge in [0, 0.05) is 31.9 Å². The van der Waals surface area contributed by atoms with E-state index in [-0.39, 0.29) is 10.8 Å². The van der Waals surface area contributed by atoms with E-state index in [0.29, 0.717) is 16.3 Å². The molecule has 2 aromatic heterocycles. The van der Waals surface area contributed by atoms with Gasteiger partial charge in [0.05, 0.1) is 5.02 Å². The van der Waals surface area contributed by atoms with Crippen LogP contribution in [0.1, 0.15) is 18.6 Å². The van der Waals surface area contributed by atoms with Crippen LogP contribution in [0.4, 0.5) is 10.2 Å². The molecule has 0 saturated carbocycles. The third-order valence-electron chi connectivity index (χ3n) is 4.38. The Bertz CT molecular complexity index is 1150. The van der Waals surface area contributed by atoms with Gasteiger partial charge >= 0.3 is 0 Å². The van der Waals surface area contributed by atoms with E-state index >= 15 is 0 Å². The number of nitrogens with zero attached hydrogens (tertiary/aromatic N) is 1. The van der Waals surface area contributed by atoms with Crippen molar-refractivity contribution in [2.24, 2.45) is 0 Å². The summed E-state index contributed by atoms with van der Waals surface area (Å²) >= 11 is 13.9. The Kier molecular flexibility index (Phi) is 5.15. The first kappa shape index (κ1) is 19.0. The smallest absolute Gasteiger partial charge is 0.166 e. The zero-order chi connectivity index (χ0) is 19.8. The number of hydrogen-bond donors (Lipinski definition) is 1. The second-order valence-electron chi connectivity index (χ2n) is 6.27. The van der Waals surface area contributed by atoms with Crippen molar-refractivity contribution in [2.45, 2.75) is 13.0 Å². The number of pyridine rings is 1. The first-order valence-electron chi connectivity index (χ1n) is 8.48. The van der Waals surface area contributed by atoms with Gasteiger partial charge in [-0.3, -0.25) is 0 Å². The lowest BCUT2D eigenvalue weighted by atomic mass is 10.1. The molecule has 0 aliphatic heterocycles. The first-order valence-corrected chi connectivity index (χ1v) is 10.1. The summed E-state index contributed by atoms with van der Waals surface area (Å²) in [6.07, 6.45) is 1.09. The van der Waals surface area contributed by atoms with Crippen LogP contribution in [0, 0.1) is 5.82 Å². The number of halogens is 3. The molecule has 1 atom stereocenters. The van der Waals surface area contributed by atoms with Crippen molar-refractivity contribution in [1.29, 1.82) is 0 Å². The van der Waals surface area contributed by atoms with Crippen molar-refractivity contribution in [3.05, 3.63) is 76.2 Å². The maximum atomic E-state index is 13.8. The predicted octanol–water partition coefficient (Wildman–Crippen LogP) is 7.13. The zero-order valence-electron chi connectivity index (χ0n) is 14.7. The van der Waals surface area contributed by atoms with Gasteiger partial charge in [-0.2, -0.15) is 0 Å². The van der Waals surface area contributed by atoms with E-state index in [1.54, 1.807) is 24.5 Å². The quantitative estimate of drug-likeness (QED) is 0.348. The second kappa shape index (κ2) is 7.59. The average molecular weight is 433 g/mol. The van der Waals surface area contributed by atoms with Crippen LogP contribution in [0.2, 0.25) is 10.0 Å². The van der Waals surface area contributed by atoms with Gasteiger partial charge < -0.3 is 10.5 Å². The molecule has 2 aromatic carbocycles. The largest absolute Gasteiger partial charge is 0.482 e. The summed E-state index contributed by atoms with van der Waals surface area (Å²) < 4.78 is 21.0. The summed E-state index contributed by atoms with van der Waals surface area (Å²) in [6.45, 7) is 1.73. The van der Waals surface area contributed by atoms with Gasteiger partial charge in [0.15, 0.2) is 11.6 Å². The predicted molar refractivity (Wildman–Crippen MR) is 115 cm³/mol. The summed E-state index contributed by atoms with van der Waals surface area (Å²) in [4.78, 5) is 5.30. The summed E-state index contributed by atoms with van der Waals surface area (Å²) in [6, 6.07) is 14.7. The summed E-state index contributed by atoms with van der Waals surface area (Å²) in [5.41, 5.74) is 7.26. The van der Waals surface area contributed by atoms with Gasteiger partial charge in [-0.05, 0) is 42.6 Å². The molecule has 2 heterocycles. The van der Waals surface area contributed by atoms with Crippen molar-refractivity contribution < 1.29 is 9.13 Å². The number of rotatable bonds is 4. The molecule has 1 unspecified atom stereocenters. The number of anilines is 1. The van der Waals surface area contributed by atoms with Crippen molar-refractivity contribution >= 4 is 50.4 Å². The minimum Gasteiger partial charge on any atom is -0.482 e. The fourth-order valence-electron chi connectivity index (χ4n) is 2.97. The Balaban J connectivity index is 1.69. The topological polar surface area (TPSA) is 48.1 Å². The van der Waals surface area contributed by atoms with Crippen LogP contribution >= 0.6 is 34.5 Å². The Morgan fingerprint density at radius 2 is 1.93 bits per heavy atom. The monoisotopic (exact) mass is 432 g/mol. The average Bonchev–Trinajstić information content (AvgIpc) is 3.11. The van der Waals surface area contributed by atoms with Crippen LogP contribution in [-0.4, -0.2) is 4.98 Å². The maximum Gasteiger partial charge on any atom is 0.166 e. The van der Waals surface area contributed by atoms with Gasteiger partial charge in [0.2, 0.25) is 0 Å². The molecule has 0 fully saturated rings. The van der Waals surface area contributed by atoms with E-state index in [2.05, 4.69) is 23.2 Å². The number of nitrogens with two attached hydrogens (primary N) is 1. The third kappa shape index (κ3) is 3.53. The van der Waals surface area contributed by atoms with E-state index < -0.39 is 11.9 Å². The third-order valence-corrected chi connectivity index (χ3v) is 6.26. The number of hydrogen-bond acceptors (Lipinski definition) is 4. The molecule has 0 amide bonds. The Morgan fingerprint density at radius 3 is 2.71 bits per heavy atom. The molecular formula is C21H15Cl2FN2OS. The Labute approximate surface area is 175 Å². The van der Waals surface area contributed by atoms with Gasteiger partial charge in [0.1, 0.15) is 11.9 Å². The minimum absolute atomic E-state index is 0.0628. The molecule has 0 spiro atoms. The van der Waals surface area contributed by atoms with Crippen LogP contribution in [-0.2, 0) is 0 Å². The number of fused-ring (bicyclic) bond motifs is 1. The van der Waals surface area contributed by atoms with E-state index in [0.717, 1.165) is 15.8 Å². The van der Waals surface area contributed by atoms with Crippen molar-refractivity contribution in [3.63, 3.8) is 0 Å². The highest BCUT2D eigenvalue weighted by atomic mass is 35.5. The lowest BCUT2D eigenvalue weighted by molar-refractivity contribution is 0.227. The lowest BCUT2D eigenvalue weighted by Crippen LogP contribution is -2.08. The molecule has 0 saturated heterocycles. The highest BCUT2D eigenvalue weighted by molar-refractivity contribution is 7.22. The van der Waals surface area contributed by atoms with E-state index in [1.165, 1.54) is 16.8 Å². The molecule has 0 aliphatic carbocycles. The summed E-state index contributed by atoms with van der Waals surface area (Å²) in [7, 11) is 0. The van der Waals surface area contributed by atoms with Crippen LogP contribution in [0.15, 0.2) is 54.7 Å². The second-order valence-corrected chi connectivity index (χ2v) is 8.14. The Morgan fingerprint density at radius 1 is 1.14 bits per heavy atom. The lowest BCUT2D eigenvalue weighted by Gasteiger charge is -2.19. The fourth-order valence-corrected chi connectivity index (χ4v) is 4.69.